The van der Waals surface area contributed by atoms with Gasteiger partial charge >= 0.3 is 0 Å². The van der Waals surface area contributed by atoms with Crippen LogP contribution in [0.4, 0.5) is 0 Å². The van der Waals surface area contributed by atoms with Crippen LogP contribution in [0.5, 0.6) is 0 Å². The zero-order valence-electron chi connectivity index (χ0n) is 25.1. The van der Waals surface area contributed by atoms with Gasteiger partial charge in [-0.05, 0) is 96.0 Å². The van der Waals surface area contributed by atoms with E-state index in [0.717, 1.165) is 27.7 Å². The van der Waals surface area contributed by atoms with E-state index in [1.807, 2.05) is 18.5 Å². The van der Waals surface area contributed by atoms with E-state index in [4.69, 9.17) is 4.98 Å². The second-order valence-electron chi connectivity index (χ2n) is 11.8. The zero-order chi connectivity index (χ0) is 30.5. The Morgan fingerprint density at radius 2 is 0.978 bits per heavy atom. The molecule has 2 aromatic heterocycles. The molecule has 0 bridgehead atoms. The van der Waals surface area contributed by atoms with Crippen LogP contribution in [0.3, 0.4) is 0 Å². The maximum absolute atomic E-state index is 4.85. The molecule has 2 heterocycles. The molecule has 0 spiro atoms. The van der Waals surface area contributed by atoms with E-state index >= 15 is 0 Å². The van der Waals surface area contributed by atoms with Crippen LogP contribution >= 0.6 is 0 Å². The van der Waals surface area contributed by atoms with E-state index in [-0.39, 0.29) is 0 Å². The van der Waals surface area contributed by atoms with Crippen LogP contribution in [0.1, 0.15) is 0 Å². The maximum atomic E-state index is 4.85. The third-order valence-corrected chi connectivity index (χ3v) is 9.14. The normalized spacial score (nSPS) is 11.5. The van der Waals surface area contributed by atoms with Gasteiger partial charge in [0.2, 0.25) is 0 Å². The van der Waals surface area contributed by atoms with Gasteiger partial charge in [0.25, 0.3) is 0 Å². The smallest absolute Gasteiger partial charge is 0.0708 e. The number of hydrogen-bond donors (Lipinski definition) is 0. The highest BCUT2D eigenvalue weighted by molar-refractivity contribution is 6.23. The molecule has 7 aromatic carbocycles. The predicted molar refractivity (Wildman–Crippen MR) is 194 cm³/mol. The van der Waals surface area contributed by atoms with Crippen LogP contribution in [0.25, 0.3) is 87.9 Å². The van der Waals surface area contributed by atoms with Gasteiger partial charge in [-0.25, -0.2) is 0 Å². The lowest BCUT2D eigenvalue weighted by Gasteiger charge is -2.21. The van der Waals surface area contributed by atoms with Crippen molar-refractivity contribution in [3.05, 3.63) is 170 Å². The predicted octanol–water partition coefficient (Wildman–Crippen LogP) is 11.8. The first-order valence-electron chi connectivity index (χ1n) is 15.7. The van der Waals surface area contributed by atoms with Crippen molar-refractivity contribution in [3.63, 3.8) is 0 Å². The summed E-state index contributed by atoms with van der Waals surface area (Å²) in [5, 5.41) is 8.53. The van der Waals surface area contributed by atoms with Gasteiger partial charge in [-0.3, -0.25) is 9.97 Å². The molecule has 9 rings (SSSR count). The fraction of sp³-hybridized carbons (Fsp3) is 0. The lowest BCUT2D eigenvalue weighted by atomic mass is 9.82. The molecule has 0 saturated heterocycles. The average molecular weight is 585 g/mol. The molecule has 9 aromatic rings. The third-order valence-electron chi connectivity index (χ3n) is 9.14. The van der Waals surface area contributed by atoms with Gasteiger partial charge in [-0.15, -0.1) is 0 Å². The van der Waals surface area contributed by atoms with E-state index in [1.54, 1.807) is 0 Å². The van der Waals surface area contributed by atoms with Crippen molar-refractivity contribution in [2.75, 3.05) is 0 Å². The Morgan fingerprint density at radius 1 is 0.326 bits per heavy atom. The fourth-order valence-corrected chi connectivity index (χ4v) is 7.10. The number of nitrogens with zero attached hydrogens (tertiary/aromatic N) is 2. The van der Waals surface area contributed by atoms with Gasteiger partial charge < -0.3 is 0 Å². The first kappa shape index (κ1) is 26.3. The zero-order valence-corrected chi connectivity index (χ0v) is 25.1. The monoisotopic (exact) mass is 584 g/mol. The van der Waals surface area contributed by atoms with Crippen molar-refractivity contribution in [3.8, 4) is 44.6 Å². The quantitative estimate of drug-likeness (QED) is 0.192. The highest BCUT2D eigenvalue weighted by Crippen LogP contribution is 2.47. The summed E-state index contributed by atoms with van der Waals surface area (Å²) in [7, 11) is 0. The Kier molecular flexibility index (Phi) is 6.17. The average Bonchev–Trinajstić information content (AvgIpc) is 3.13. The maximum Gasteiger partial charge on any atom is 0.0708 e. The second-order valence-corrected chi connectivity index (χ2v) is 11.8. The molecule has 0 N–H and O–H groups in total. The van der Waals surface area contributed by atoms with Gasteiger partial charge in [0.15, 0.2) is 0 Å². The molecule has 0 fully saturated rings. The molecule has 46 heavy (non-hydrogen) atoms. The van der Waals surface area contributed by atoms with Gasteiger partial charge in [0, 0.05) is 23.3 Å². The summed E-state index contributed by atoms with van der Waals surface area (Å²) in [6, 6.07) is 56.7. The molecule has 0 amide bonds. The summed E-state index contributed by atoms with van der Waals surface area (Å²) in [5.41, 5.74) is 10.3. The van der Waals surface area contributed by atoms with Crippen molar-refractivity contribution < 1.29 is 0 Å². The van der Waals surface area contributed by atoms with Crippen LogP contribution in [0, 0.1) is 0 Å². The molecule has 0 unspecified atom stereocenters. The summed E-state index contributed by atoms with van der Waals surface area (Å²) >= 11 is 0. The van der Waals surface area contributed by atoms with Crippen molar-refractivity contribution in [1.29, 1.82) is 0 Å². The van der Waals surface area contributed by atoms with Crippen LogP contribution in [-0.2, 0) is 0 Å². The summed E-state index contributed by atoms with van der Waals surface area (Å²) < 4.78 is 0. The van der Waals surface area contributed by atoms with E-state index in [0.29, 0.717) is 0 Å². The number of benzene rings is 7. The van der Waals surface area contributed by atoms with Gasteiger partial charge in [0.1, 0.15) is 0 Å². The Balaban J connectivity index is 1.36. The van der Waals surface area contributed by atoms with E-state index in [2.05, 4.69) is 157 Å². The van der Waals surface area contributed by atoms with Crippen molar-refractivity contribution in [1.82, 2.24) is 9.97 Å². The number of aromatic nitrogens is 2. The molecule has 0 saturated carbocycles. The Hall–Kier alpha value is -6.12. The molecule has 0 aliphatic carbocycles. The topological polar surface area (TPSA) is 25.8 Å². The van der Waals surface area contributed by atoms with Gasteiger partial charge in [-0.2, -0.15) is 0 Å². The second kappa shape index (κ2) is 10.8. The van der Waals surface area contributed by atoms with Gasteiger partial charge in [0.05, 0.1) is 11.2 Å². The molecular weight excluding hydrogens is 556 g/mol. The lowest BCUT2D eigenvalue weighted by Crippen LogP contribution is -1.94. The van der Waals surface area contributed by atoms with Crippen molar-refractivity contribution in [2.24, 2.45) is 0 Å². The van der Waals surface area contributed by atoms with Crippen molar-refractivity contribution in [2.45, 2.75) is 0 Å². The summed E-state index contributed by atoms with van der Waals surface area (Å²) in [6.45, 7) is 0. The largest absolute Gasteiger partial charge is 0.256 e. The molecule has 0 aliphatic heterocycles. The molecule has 0 aliphatic rings. The molecule has 2 nitrogen and oxygen atoms in total. The Labute approximate surface area is 267 Å². The number of pyridine rings is 2. The van der Waals surface area contributed by atoms with E-state index < -0.39 is 0 Å². The minimum atomic E-state index is 0.941. The summed E-state index contributed by atoms with van der Waals surface area (Å²) in [4.78, 5) is 9.36. The minimum Gasteiger partial charge on any atom is -0.256 e. The SMILES string of the molecule is c1ccc(-c2c3ccccc3c(-c3ccc4ccccc4c3-c3ccnc(-c4ccc5ncccc5c4)c3)c3ccccc23)cc1. The first-order chi connectivity index (χ1) is 22.8. The highest BCUT2D eigenvalue weighted by atomic mass is 14.7. The van der Waals surface area contributed by atoms with Crippen LogP contribution in [-0.4, -0.2) is 9.97 Å². The number of hydrogen-bond acceptors (Lipinski definition) is 2. The van der Waals surface area contributed by atoms with Crippen molar-refractivity contribution >= 4 is 43.2 Å². The summed E-state index contributed by atoms with van der Waals surface area (Å²) in [6.07, 6.45) is 3.78. The Morgan fingerprint density at radius 3 is 1.74 bits per heavy atom. The fourth-order valence-electron chi connectivity index (χ4n) is 7.10. The van der Waals surface area contributed by atoms with Crippen LogP contribution in [0.15, 0.2) is 170 Å². The molecule has 0 radical (unpaired) electrons. The first-order valence-corrected chi connectivity index (χ1v) is 15.7. The molecule has 214 valence electrons. The lowest BCUT2D eigenvalue weighted by molar-refractivity contribution is 1.33. The van der Waals surface area contributed by atoms with Gasteiger partial charge in [-0.1, -0.05) is 127 Å². The van der Waals surface area contributed by atoms with Crippen LogP contribution < -0.4 is 0 Å². The van der Waals surface area contributed by atoms with E-state index in [9.17, 15) is 0 Å². The minimum absolute atomic E-state index is 0.941. The highest BCUT2D eigenvalue weighted by Gasteiger charge is 2.20. The molecule has 2 heteroatoms. The van der Waals surface area contributed by atoms with Crippen LogP contribution in [0.2, 0.25) is 0 Å². The number of fused-ring (bicyclic) bond motifs is 4. The Bertz CT molecular complexity index is 2530. The molecule has 0 atom stereocenters. The third kappa shape index (κ3) is 4.27. The molecular formula is C44H28N2. The number of rotatable bonds is 4. The standard InChI is InChI=1S/C44H28N2/c1-2-12-30(13-3-1)42-35-16-6-8-18-37(35)44(38-19-9-7-17-36(38)42)39-22-20-29-11-4-5-15-34(29)43(39)33-24-26-46-41(28-33)32-21-23-40-31(27-32)14-10-25-45-40/h1-28H. The summed E-state index contributed by atoms with van der Waals surface area (Å²) in [5.74, 6) is 0. The van der Waals surface area contributed by atoms with E-state index in [1.165, 1.54) is 60.1 Å².